The molecule has 6 heteroatoms. The SMILES string of the molecule is COc1ccc(C(=O)N[C@@H](C)c2ccc(OC)c(Br)c2)cc1F. The summed E-state index contributed by atoms with van der Waals surface area (Å²) < 4.78 is 24.5. The lowest BCUT2D eigenvalue weighted by Crippen LogP contribution is -2.26. The van der Waals surface area contributed by atoms with Crippen LogP contribution in [0.25, 0.3) is 0 Å². The number of amides is 1. The lowest BCUT2D eigenvalue weighted by Gasteiger charge is -2.16. The summed E-state index contributed by atoms with van der Waals surface area (Å²) in [6.07, 6.45) is 0. The topological polar surface area (TPSA) is 47.6 Å². The highest BCUT2D eigenvalue weighted by Crippen LogP contribution is 2.28. The van der Waals surface area contributed by atoms with Crippen molar-refractivity contribution in [3.05, 3.63) is 57.8 Å². The van der Waals surface area contributed by atoms with Gasteiger partial charge in [0.25, 0.3) is 5.91 Å². The first-order valence-corrected chi connectivity index (χ1v) is 7.73. The normalized spacial score (nSPS) is 11.7. The largest absolute Gasteiger partial charge is 0.496 e. The summed E-state index contributed by atoms with van der Waals surface area (Å²) >= 11 is 3.41. The molecule has 23 heavy (non-hydrogen) atoms. The highest BCUT2D eigenvalue weighted by Gasteiger charge is 2.14. The van der Waals surface area contributed by atoms with E-state index in [0.717, 1.165) is 16.1 Å². The number of methoxy groups -OCH3 is 2. The second kappa shape index (κ2) is 7.46. The second-order valence-corrected chi connectivity index (χ2v) is 5.79. The first kappa shape index (κ1) is 17.3. The molecular weight excluding hydrogens is 365 g/mol. The van der Waals surface area contributed by atoms with Crippen LogP contribution >= 0.6 is 15.9 Å². The molecule has 0 bridgehead atoms. The lowest BCUT2D eigenvalue weighted by atomic mass is 10.1. The first-order chi connectivity index (χ1) is 11.0. The molecule has 0 fully saturated rings. The van der Waals surface area contributed by atoms with E-state index >= 15 is 0 Å². The standard InChI is InChI=1S/C17H17BrFNO3/c1-10(11-4-6-15(22-2)13(18)8-11)20-17(21)12-5-7-16(23-3)14(19)9-12/h4-10H,1-3H3,(H,20,21)/t10-/m0/s1. The molecule has 0 unspecified atom stereocenters. The number of hydrogen-bond donors (Lipinski definition) is 1. The van der Waals surface area contributed by atoms with Gasteiger partial charge in [-0.2, -0.15) is 0 Å². The monoisotopic (exact) mass is 381 g/mol. The number of ether oxygens (including phenoxy) is 2. The van der Waals surface area contributed by atoms with Gasteiger partial charge in [0.1, 0.15) is 5.75 Å². The Labute approximate surface area is 142 Å². The van der Waals surface area contributed by atoms with Gasteiger partial charge in [-0.25, -0.2) is 4.39 Å². The Balaban J connectivity index is 2.13. The van der Waals surface area contributed by atoms with Gasteiger partial charge in [-0.15, -0.1) is 0 Å². The van der Waals surface area contributed by atoms with E-state index in [0.29, 0.717) is 5.75 Å². The van der Waals surface area contributed by atoms with Crippen LogP contribution in [0.5, 0.6) is 11.5 Å². The molecule has 0 aliphatic rings. The molecule has 0 spiro atoms. The third-order valence-corrected chi connectivity index (χ3v) is 4.06. The molecule has 1 atom stereocenters. The zero-order valence-electron chi connectivity index (χ0n) is 13.0. The van der Waals surface area contributed by atoms with Gasteiger partial charge in [-0.1, -0.05) is 6.07 Å². The van der Waals surface area contributed by atoms with E-state index in [9.17, 15) is 9.18 Å². The fourth-order valence-corrected chi connectivity index (χ4v) is 2.68. The van der Waals surface area contributed by atoms with Crippen molar-refractivity contribution in [3.8, 4) is 11.5 Å². The summed E-state index contributed by atoms with van der Waals surface area (Å²) in [5.41, 5.74) is 1.14. The predicted octanol–water partition coefficient (Wildman–Crippen LogP) is 4.10. The summed E-state index contributed by atoms with van der Waals surface area (Å²) in [5.74, 6) is -0.107. The predicted molar refractivity (Wildman–Crippen MR) is 89.5 cm³/mol. The highest BCUT2D eigenvalue weighted by molar-refractivity contribution is 9.10. The molecule has 122 valence electrons. The summed E-state index contributed by atoms with van der Waals surface area (Å²) in [6, 6.07) is 9.42. The summed E-state index contributed by atoms with van der Waals surface area (Å²) in [7, 11) is 2.96. The smallest absolute Gasteiger partial charge is 0.251 e. The Hall–Kier alpha value is -2.08. The van der Waals surface area contributed by atoms with Crippen molar-refractivity contribution in [3.63, 3.8) is 0 Å². The van der Waals surface area contributed by atoms with E-state index in [1.165, 1.54) is 19.2 Å². The minimum atomic E-state index is -0.569. The molecule has 1 N–H and O–H groups in total. The van der Waals surface area contributed by atoms with Crippen LogP contribution in [0.4, 0.5) is 4.39 Å². The average molecular weight is 382 g/mol. The molecule has 0 aromatic heterocycles. The molecule has 2 aromatic carbocycles. The van der Waals surface area contributed by atoms with E-state index in [4.69, 9.17) is 9.47 Å². The van der Waals surface area contributed by atoms with Crippen molar-refractivity contribution in [2.24, 2.45) is 0 Å². The number of carbonyl (C=O) groups is 1. The van der Waals surface area contributed by atoms with Crippen LogP contribution in [0.15, 0.2) is 40.9 Å². The van der Waals surface area contributed by atoms with Crippen molar-refractivity contribution in [2.45, 2.75) is 13.0 Å². The number of rotatable bonds is 5. The molecule has 0 saturated heterocycles. The van der Waals surface area contributed by atoms with Crippen molar-refractivity contribution < 1.29 is 18.7 Å². The molecule has 2 aromatic rings. The fraction of sp³-hybridized carbons (Fsp3) is 0.235. The average Bonchev–Trinajstić information content (AvgIpc) is 2.54. The van der Waals surface area contributed by atoms with E-state index in [1.807, 2.05) is 25.1 Å². The van der Waals surface area contributed by atoms with E-state index in [1.54, 1.807) is 7.11 Å². The lowest BCUT2D eigenvalue weighted by molar-refractivity contribution is 0.0939. The van der Waals surface area contributed by atoms with Crippen molar-refractivity contribution in [2.75, 3.05) is 14.2 Å². The quantitative estimate of drug-likeness (QED) is 0.847. The molecule has 1 amide bonds. The third-order valence-electron chi connectivity index (χ3n) is 3.44. The number of nitrogens with one attached hydrogen (secondary N) is 1. The fourth-order valence-electron chi connectivity index (χ4n) is 2.12. The zero-order chi connectivity index (χ0) is 17.0. The van der Waals surface area contributed by atoms with E-state index < -0.39 is 5.82 Å². The van der Waals surface area contributed by atoms with E-state index in [-0.39, 0.29) is 23.3 Å². The van der Waals surface area contributed by atoms with Gasteiger partial charge < -0.3 is 14.8 Å². The summed E-state index contributed by atoms with van der Waals surface area (Å²) in [5, 5.41) is 2.83. The van der Waals surface area contributed by atoms with Gasteiger partial charge >= 0.3 is 0 Å². The van der Waals surface area contributed by atoms with Crippen LogP contribution in [-0.2, 0) is 0 Å². The summed E-state index contributed by atoms with van der Waals surface area (Å²) in [6.45, 7) is 1.85. The Morgan fingerprint density at radius 1 is 1.13 bits per heavy atom. The van der Waals surface area contributed by atoms with Crippen LogP contribution in [0.3, 0.4) is 0 Å². The molecule has 0 heterocycles. The van der Waals surface area contributed by atoms with Crippen LogP contribution in [0.2, 0.25) is 0 Å². The minimum Gasteiger partial charge on any atom is -0.496 e. The van der Waals surface area contributed by atoms with Gasteiger partial charge in [0.05, 0.1) is 24.7 Å². The van der Waals surface area contributed by atoms with Gasteiger partial charge in [0.15, 0.2) is 11.6 Å². The summed E-state index contributed by atoms with van der Waals surface area (Å²) in [4.78, 5) is 12.2. The molecule has 0 radical (unpaired) electrons. The van der Waals surface area contributed by atoms with Crippen molar-refractivity contribution >= 4 is 21.8 Å². The van der Waals surface area contributed by atoms with Gasteiger partial charge in [0, 0.05) is 5.56 Å². The Morgan fingerprint density at radius 2 is 1.78 bits per heavy atom. The van der Waals surface area contributed by atoms with Gasteiger partial charge in [-0.05, 0) is 58.7 Å². The zero-order valence-corrected chi connectivity index (χ0v) is 14.6. The van der Waals surface area contributed by atoms with Crippen molar-refractivity contribution in [1.29, 1.82) is 0 Å². The van der Waals surface area contributed by atoms with Gasteiger partial charge in [-0.3, -0.25) is 4.79 Å². The first-order valence-electron chi connectivity index (χ1n) is 6.94. The van der Waals surface area contributed by atoms with Crippen LogP contribution in [0, 0.1) is 5.82 Å². The van der Waals surface area contributed by atoms with Crippen LogP contribution in [-0.4, -0.2) is 20.1 Å². The maximum atomic E-state index is 13.7. The molecule has 0 aliphatic heterocycles. The highest BCUT2D eigenvalue weighted by atomic mass is 79.9. The Kier molecular flexibility index (Phi) is 5.60. The minimum absolute atomic E-state index is 0.105. The third kappa shape index (κ3) is 4.01. The number of hydrogen-bond acceptors (Lipinski definition) is 3. The Morgan fingerprint density at radius 3 is 2.35 bits per heavy atom. The van der Waals surface area contributed by atoms with Crippen LogP contribution in [0.1, 0.15) is 28.9 Å². The van der Waals surface area contributed by atoms with Gasteiger partial charge in [0.2, 0.25) is 0 Å². The molecule has 2 rings (SSSR count). The molecule has 0 aliphatic carbocycles. The molecule has 4 nitrogen and oxygen atoms in total. The Bertz CT molecular complexity index is 721. The maximum absolute atomic E-state index is 13.7. The number of carbonyl (C=O) groups excluding carboxylic acids is 1. The second-order valence-electron chi connectivity index (χ2n) is 4.94. The van der Waals surface area contributed by atoms with E-state index in [2.05, 4.69) is 21.2 Å². The molecule has 0 saturated carbocycles. The number of benzene rings is 2. The molecular formula is C17H17BrFNO3. The van der Waals surface area contributed by atoms with Crippen molar-refractivity contribution in [1.82, 2.24) is 5.32 Å². The van der Waals surface area contributed by atoms with Crippen LogP contribution < -0.4 is 14.8 Å². The number of halogens is 2. The maximum Gasteiger partial charge on any atom is 0.251 e.